The van der Waals surface area contributed by atoms with Crippen LogP contribution in [0.1, 0.15) is 12.0 Å². The number of benzene rings is 1. The van der Waals surface area contributed by atoms with Gasteiger partial charge in [0.1, 0.15) is 6.04 Å². The molecule has 0 aliphatic rings. The lowest BCUT2D eigenvalue weighted by molar-refractivity contribution is -0.138. The van der Waals surface area contributed by atoms with Crippen molar-refractivity contribution in [2.45, 2.75) is 12.5 Å². The topological polar surface area (TPSA) is 92.3 Å². The van der Waals surface area contributed by atoms with Gasteiger partial charge in [0.25, 0.3) is 0 Å². The predicted octanol–water partition coefficient (Wildman–Crippen LogP) is 2.06. The summed E-state index contributed by atoms with van der Waals surface area (Å²) >= 11 is 0. The second-order valence-electron chi connectivity index (χ2n) is 4.78. The molecule has 1 unspecified atom stereocenters. The molecular weight excluding hydrogens is 280 g/mol. The molecule has 2 rings (SSSR count). The summed E-state index contributed by atoms with van der Waals surface area (Å²) in [5.41, 5.74) is 7.38. The number of hydrogen-bond acceptors (Lipinski definition) is 5. The number of carbonyl (C=O) groups is 1. The summed E-state index contributed by atoms with van der Waals surface area (Å²) in [6.07, 6.45) is 7.31. The molecule has 0 radical (unpaired) electrons. The molecule has 0 bridgehead atoms. The Morgan fingerprint density at radius 1 is 1.32 bits per heavy atom. The number of hydrogen-bond donors (Lipinski definition) is 2. The first kappa shape index (κ1) is 15.7. The molecule has 22 heavy (non-hydrogen) atoms. The Hall–Kier alpha value is -2.73. The van der Waals surface area contributed by atoms with Gasteiger partial charge < -0.3 is 15.7 Å². The molecule has 0 aliphatic carbocycles. The van der Waals surface area contributed by atoms with Crippen molar-refractivity contribution in [2.24, 2.45) is 5.73 Å². The van der Waals surface area contributed by atoms with Gasteiger partial charge in [0.15, 0.2) is 0 Å². The maximum absolute atomic E-state index is 10.6. The van der Waals surface area contributed by atoms with Crippen LogP contribution < -0.4 is 10.6 Å². The van der Waals surface area contributed by atoms with Gasteiger partial charge in [0.05, 0.1) is 0 Å². The van der Waals surface area contributed by atoms with Gasteiger partial charge >= 0.3 is 5.97 Å². The number of rotatable bonds is 6. The van der Waals surface area contributed by atoms with E-state index in [9.17, 15) is 4.79 Å². The van der Waals surface area contributed by atoms with E-state index in [-0.39, 0.29) is 0 Å². The molecule has 6 heteroatoms. The molecule has 1 aromatic carbocycles. The number of aliphatic carboxylic acids is 1. The van der Waals surface area contributed by atoms with Gasteiger partial charge in [-0.05, 0) is 30.2 Å². The number of nitrogens with two attached hydrogens (primary N) is 1. The molecule has 0 spiro atoms. The lowest BCUT2D eigenvalue weighted by atomic mass is 10.1. The monoisotopic (exact) mass is 298 g/mol. The minimum atomic E-state index is -0.996. The maximum atomic E-state index is 10.6. The van der Waals surface area contributed by atoms with E-state index in [0.29, 0.717) is 12.4 Å². The van der Waals surface area contributed by atoms with Crippen LogP contribution in [0.25, 0.3) is 6.08 Å². The number of carboxylic acid groups (broad SMARTS) is 1. The minimum Gasteiger partial charge on any atom is -0.480 e. The first-order valence-electron chi connectivity index (χ1n) is 6.83. The van der Waals surface area contributed by atoms with Crippen molar-refractivity contribution in [1.29, 1.82) is 0 Å². The van der Waals surface area contributed by atoms with E-state index in [1.54, 1.807) is 24.5 Å². The predicted molar refractivity (Wildman–Crippen MR) is 85.8 cm³/mol. The Balaban J connectivity index is 2.01. The zero-order chi connectivity index (χ0) is 15.9. The molecule has 0 fully saturated rings. The first-order valence-corrected chi connectivity index (χ1v) is 6.83. The average Bonchev–Trinajstić information content (AvgIpc) is 2.55. The molecule has 2 aromatic rings. The second kappa shape index (κ2) is 7.33. The Kier molecular flexibility index (Phi) is 5.21. The standard InChI is InChI=1S/C16H18N4O2/c1-20(16-18-10-3-11-19-16)13-8-6-12(7-9-13)4-2-5-14(17)15(21)22/h2-4,6-11,14H,5,17H2,1H3,(H,21,22). The molecule has 0 aliphatic heterocycles. The Morgan fingerprint density at radius 3 is 2.55 bits per heavy atom. The van der Waals surface area contributed by atoms with Crippen LogP contribution in [0, 0.1) is 0 Å². The quantitative estimate of drug-likeness (QED) is 0.848. The summed E-state index contributed by atoms with van der Waals surface area (Å²) in [4.78, 5) is 20.9. The van der Waals surface area contributed by atoms with Crippen molar-refractivity contribution in [3.8, 4) is 0 Å². The second-order valence-corrected chi connectivity index (χ2v) is 4.78. The molecule has 1 atom stereocenters. The third-order valence-electron chi connectivity index (χ3n) is 3.15. The number of nitrogens with zero attached hydrogens (tertiary/aromatic N) is 3. The van der Waals surface area contributed by atoms with Gasteiger partial charge in [0.2, 0.25) is 5.95 Å². The highest BCUT2D eigenvalue weighted by atomic mass is 16.4. The lowest BCUT2D eigenvalue weighted by Crippen LogP contribution is -2.29. The average molecular weight is 298 g/mol. The van der Waals surface area contributed by atoms with Crippen molar-refractivity contribution in [3.05, 3.63) is 54.4 Å². The van der Waals surface area contributed by atoms with E-state index in [0.717, 1.165) is 11.3 Å². The van der Waals surface area contributed by atoms with Crippen molar-refractivity contribution >= 4 is 23.7 Å². The molecule has 0 saturated carbocycles. The lowest BCUT2D eigenvalue weighted by Gasteiger charge is -2.16. The van der Waals surface area contributed by atoms with E-state index >= 15 is 0 Å². The third-order valence-corrected chi connectivity index (χ3v) is 3.15. The molecule has 0 amide bonds. The van der Waals surface area contributed by atoms with Crippen LogP contribution in [0.3, 0.4) is 0 Å². The summed E-state index contributed by atoms with van der Waals surface area (Å²) in [6.45, 7) is 0. The molecule has 1 heterocycles. The zero-order valence-corrected chi connectivity index (χ0v) is 12.3. The molecule has 3 N–H and O–H groups in total. The number of carboxylic acids is 1. The molecular formula is C16H18N4O2. The van der Waals surface area contributed by atoms with E-state index in [1.807, 2.05) is 42.3 Å². The Morgan fingerprint density at radius 2 is 1.95 bits per heavy atom. The van der Waals surface area contributed by atoms with Crippen LogP contribution in [-0.4, -0.2) is 34.1 Å². The van der Waals surface area contributed by atoms with E-state index in [1.165, 1.54) is 0 Å². The van der Waals surface area contributed by atoms with Gasteiger partial charge in [-0.25, -0.2) is 9.97 Å². The van der Waals surface area contributed by atoms with Crippen molar-refractivity contribution in [3.63, 3.8) is 0 Å². The van der Waals surface area contributed by atoms with Crippen LogP contribution in [-0.2, 0) is 4.79 Å². The Bertz CT molecular complexity index is 641. The largest absolute Gasteiger partial charge is 0.480 e. The molecule has 0 saturated heterocycles. The van der Waals surface area contributed by atoms with Gasteiger partial charge in [-0.2, -0.15) is 0 Å². The SMILES string of the molecule is CN(c1ccc(C=CCC(N)C(=O)O)cc1)c1ncccn1. The molecule has 114 valence electrons. The summed E-state index contributed by atoms with van der Waals surface area (Å²) in [6, 6.07) is 8.69. The van der Waals surface area contributed by atoms with E-state index in [4.69, 9.17) is 10.8 Å². The molecule has 6 nitrogen and oxygen atoms in total. The highest BCUT2D eigenvalue weighted by molar-refractivity contribution is 5.73. The maximum Gasteiger partial charge on any atom is 0.320 e. The van der Waals surface area contributed by atoms with Crippen molar-refractivity contribution in [1.82, 2.24) is 9.97 Å². The highest BCUT2D eigenvalue weighted by Crippen LogP contribution is 2.20. The highest BCUT2D eigenvalue weighted by Gasteiger charge is 2.08. The summed E-state index contributed by atoms with van der Waals surface area (Å²) < 4.78 is 0. The van der Waals surface area contributed by atoms with Gasteiger partial charge in [0, 0.05) is 25.1 Å². The van der Waals surface area contributed by atoms with Crippen LogP contribution in [0.4, 0.5) is 11.6 Å². The smallest absolute Gasteiger partial charge is 0.320 e. The summed E-state index contributed by atoms with van der Waals surface area (Å²) in [5, 5.41) is 8.71. The van der Waals surface area contributed by atoms with Crippen LogP contribution in [0.5, 0.6) is 0 Å². The third kappa shape index (κ3) is 4.13. The summed E-state index contributed by atoms with van der Waals surface area (Å²) in [5.74, 6) is -0.372. The normalized spacial score (nSPS) is 12.3. The van der Waals surface area contributed by atoms with Gasteiger partial charge in [-0.15, -0.1) is 0 Å². The van der Waals surface area contributed by atoms with Gasteiger partial charge in [-0.3, -0.25) is 4.79 Å². The first-order chi connectivity index (χ1) is 10.6. The Labute approximate surface area is 128 Å². The van der Waals surface area contributed by atoms with Gasteiger partial charge in [-0.1, -0.05) is 24.3 Å². The molecule has 1 aromatic heterocycles. The number of aromatic nitrogens is 2. The summed E-state index contributed by atoms with van der Waals surface area (Å²) in [7, 11) is 1.89. The van der Waals surface area contributed by atoms with Crippen molar-refractivity contribution < 1.29 is 9.90 Å². The zero-order valence-electron chi connectivity index (χ0n) is 12.3. The van der Waals surface area contributed by atoms with Crippen LogP contribution >= 0.6 is 0 Å². The number of anilines is 2. The minimum absolute atomic E-state index is 0.300. The fraction of sp³-hybridized carbons (Fsp3) is 0.188. The van der Waals surface area contributed by atoms with E-state index in [2.05, 4.69) is 9.97 Å². The fourth-order valence-corrected chi connectivity index (χ4v) is 1.84. The van der Waals surface area contributed by atoms with Crippen LogP contribution in [0.15, 0.2) is 48.8 Å². The van der Waals surface area contributed by atoms with E-state index < -0.39 is 12.0 Å². The fourth-order valence-electron chi connectivity index (χ4n) is 1.84. The van der Waals surface area contributed by atoms with Crippen molar-refractivity contribution in [2.75, 3.05) is 11.9 Å². The van der Waals surface area contributed by atoms with Crippen LogP contribution in [0.2, 0.25) is 0 Å².